The Balaban J connectivity index is 1.64. The zero-order valence-electron chi connectivity index (χ0n) is 20.3. The van der Waals surface area contributed by atoms with E-state index in [-0.39, 0.29) is 30.5 Å². The van der Waals surface area contributed by atoms with E-state index in [1.165, 1.54) is 4.90 Å². The van der Waals surface area contributed by atoms with Crippen molar-refractivity contribution in [3.05, 3.63) is 41.7 Å². The van der Waals surface area contributed by atoms with E-state index in [2.05, 4.69) is 25.3 Å². The van der Waals surface area contributed by atoms with Crippen LogP contribution in [0.5, 0.6) is 0 Å². The first kappa shape index (κ1) is 26.1. The van der Waals surface area contributed by atoms with Crippen LogP contribution < -0.4 is 21.7 Å². The maximum Gasteiger partial charge on any atom is 0.326 e. The van der Waals surface area contributed by atoms with Crippen molar-refractivity contribution >= 4 is 46.4 Å². The number of hydrogen-bond donors (Lipinski definition) is 4. The molecule has 0 aliphatic rings. The van der Waals surface area contributed by atoms with E-state index in [1.54, 1.807) is 37.5 Å². The molecule has 0 aliphatic carbocycles. The van der Waals surface area contributed by atoms with Crippen molar-refractivity contribution < 1.29 is 19.5 Å². The second-order valence-corrected chi connectivity index (χ2v) is 8.21. The monoisotopic (exact) mass is 495 g/mol. The number of aromatic nitrogens is 4. The van der Waals surface area contributed by atoms with Crippen LogP contribution in [0.4, 0.5) is 17.5 Å². The van der Waals surface area contributed by atoms with E-state index in [4.69, 9.17) is 11.5 Å². The smallest absolute Gasteiger partial charge is 0.326 e. The molecule has 2 heterocycles. The fourth-order valence-corrected chi connectivity index (χ4v) is 3.39. The molecule has 0 aliphatic heterocycles. The Morgan fingerprint density at radius 3 is 2.42 bits per heavy atom. The molecular weight excluding hydrogens is 466 g/mol. The number of nitrogens with two attached hydrogens (primary N) is 2. The number of amides is 2. The standard InChI is InChI=1S/C23H29N9O4/c1-4-31(2)17(33)10-9-16(22(35)36)28-21(34)13-5-7-15(8-6-13)32(3)12-14-11-26-20-18(27-14)19(24)29-23(25)30-20/h5-8,11,16H,4,9-10,12H2,1-3H3,(H,28,34)(H,35,36)(H4,24,25,26,29,30). The van der Waals surface area contributed by atoms with Gasteiger partial charge >= 0.3 is 5.97 Å². The summed E-state index contributed by atoms with van der Waals surface area (Å²) in [7, 11) is 3.48. The zero-order valence-corrected chi connectivity index (χ0v) is 20.3. The van der Waals surface area contributed by atoms with Crippen LogP contribution in [-0.2, 0) is 16.1 Å². The van der Waals surface area contributed by atoms with E-state index < -0.39 is 17.9 Å². The predicted molar refractivity (Wildman–Crippen MR) is 134 cm³/mol. The lowest BCUT2D eigenvalue weighted by molar-refractivity contribution is -0.139. The molecule has 13 nitrogen and oxygen atoms in total. The topological polar surface area (TPSA) is 194 Å². The third-order valence-corrected chi connectivity index (χ3v) is 5.62. The number of carbonyl (C=O) groups is 3. The quantitative estimate of drug-likeness (QED) is 0.309. The van der Waals surface area contributed by atoms with Crippen molar-refractivity contribution in [2.24, 2.45) is 0 Å². The summed E-state index contributed by atoms with van der Waals surface area (Å²) in [4.78, 5) is 56.2. The van der Waals surface area contributed by atoms with Gasteiger partial charge in [0.15, 0.2) is 17.0 Å². The van der Waals surface area contributed by atoms with Gasteiger partial charge in [0.1, 0.15) is 6.04 Å². The summed E-state index contributed by atoms with van der Waals surface area (Å²) in [6, 6.07) is 5.48. The molecule has 0 saturated heterocycles. The highest BCUT2D eigenvalue weighted by Gasteiger charge is 2.22. The lowest BCUT2D eigenvalue weighted by Gasteiger charge is -2.20. The summed E-state index contributed by atoms with van der Waals surface area (Å²) in [6.07, 6.45) is 1.59. The fourth-order valence-electron chi connectivity index (χ4n) is 3.39. The Morgan fingerprint density at radius 2 is 1.78 bits per heavy atom. The highest BCUT2D eigenvalue weighted by Crippen LogP contribution is 2.19. The van der Waals surface area contributed by atoms with Gasteiger partial charge in [-0.2, -0.15) is 9.97 Å². The SMILES string of the molecule is CCN(C)C(=O)CCC(NC(=O)c1ccc(N(C)Cc2cnc3nc(N)nc(N)c3n2)cc1)C(=O)O. The molecule has 3 aromatic rings. The average Bonchev–Trinajstić information content (AvgIpc) is 2.85. The Bertz CT molecular complexity index is 1270. The van der Waals surface area contributed by atoms with Crippen molar-refractivity contribution in [1.82, 2.24) is 30.2 Å². The number of nitrogen functional groups attached to an aromatic ring is 2. The summed E-state index contributed by atoms with van der Waals surface area (Å²) < 4.78 is 0. The summed E-state index contributed by atoms with van der Waals surface area (Å²) in [5.41, 5.74) is 13.8. The van der Waals surface area contributed by atoms with Crippen molar-refractivity contribution in [1.29, 1.82) is 0 Å². The molecule has 2 amide bonds. The third-order valence-electron chi connectivity index (χ3n) is 5.62. The van der Waals surface area contributed by atoms with Gasteiger partial charge in [-0.3, -0.25) is 9.59 Å². The van der Waals surface area contributed by atoms with Crippen LogP contribution in [0.2, 0.25) is 0 Å². The predicted octanol–water partition coefficient (Wildman–Crippen LogP) is 0.662. The highest BCUT2D eigenvalue weighted by molar-refractivity contribution is 5.97. The summed E-state index contributed by atoms with van der Waals surface area (Å²) >= 11 is 0. The number of carbonyl (C=O) groups excluding carboxylic acids is 2. The molecule has 36 heavy (non-hydrogen) atoms. The molecule has 1 atom stereocenters. The molecule has 0 bridgehead atoms. The Labute approximate surface area is 207 Å². The van der Waals surface area contributed by atoms with Gasteiger partial charge in [-0.25, -0.2) is 14.8 Å². The molecule has 0 spiro atoms. The number of fused-ring (bicyclic) bond motifs is 1. The Kier molecular flexibility index (Phi) is 8.14. The largest absolute Gasteiger partial charge is 0.480 e. The van der Waals surface area contributed by atoms with E-state index >= 15 is 0 Å². The van der Waals surface area contributed by atoms with Crippen LogP contribution in [0.3, 0.4) is 0 Å². The normalized spacial score (nSPS) is 11.6. The molecule has 6 N–H and O–H groups in total. The molecule has 1 unspecified atom stereocenters. The molecule has 3 rings (SSSR count). The summed E-state index contributed by atoms with van der Waals surface area (Å²) in [5, 5.41) is 11.9. The Hall–Kier alpha value is -4.55. The summed E-state index contributed by atoms with van der Waals surface area (Å²) in [6.45, 7) is 2.74. The van der Waals surface area contributed by atoms with Crippen molar-refractivity contribution in [2.75, 3.05) is 37.0 Å². The molecular formula is C23H29N9O4. The number of anilines is 3. The van der Waals surface area contributed by atoms with Gasteiger partial charge in [-0.05, 0) is 37.6 Å². The minimum absolute atomic E-state index is 0.00000843. The highest BCUT2D eigenvalue weighted by atomic mass is 16.4. The van der Waals surface area contributed by atoms with Gasteiger partial charge < -0.3 is 31.7 Å². The number of hydrogen-bond acceptors (Lipinski definition) is 10. The van der Waals surface area contributed by atoms with E-state index in [0.717, 1.165) is 5.69 Å². The number of carboxylic acids is 1. The molecule has 13 heteroatoms. The molecule has 0 saturated carbocycles. The first-order valence-corrected chi connectivity index (χ1v) is 11.2. The maximum absolute atomic E-state index is 12.6. The number of nitrogens with one attached hydrogen (secondary N) is 1. The lowest BCUT2D eigenvalue weighted by atomic mass is 10.1. The maximum atomic E-state index is 12.6. The number of carboxylic acid groups (broad SMARTS) is 1. The average molecular weight is 496 g/mol. The second kappa shape index (κ2) is 11.3. The van der Waals surface area contributed by atoms with Crippen LogP contribution in [0.25, 0.3) is 11.2 Å². The zero-order chi connectivity index (χ0) is 26.4. The van der Waals surface area contributed by atoms with Gasteiger partial charge in [0, 0.05) is 38.3 Å². The lowest BCUT2D eigenvalue weighted by Crippen LogP contribution is -2.41. The van der Waals surface area contributed by atoms with Gasteiger partial charge in [0.2, 0.25) is 11.9 Å². The van der Waals surface area contributed by atoms with Crippen LogP contribution in [0.15, 0.2) is 30.5 Å². The fraction of sp³-hybridized carbons (Fsp3) is 0.348. The number of nitrogens with zero attached hydrogens (tertiary/aromatic N) is 6. The van der Waals surface area contributed by atoms with E-state index in [1.807, 2.05) is 18.9 Å². The molecule has 190 valence electrons. The first-order valence-electron chi connectivity index (χ1n) is 11.2. The summed E-state index contributed by atoms with van der Waals surface area (Å²) in [5.74, 6) is -1.75. The van der Waals surface area contributed by atoms with Crippen molar-refractivity contribution in [2.45, 2.75) is 32.4 Å². The number of rotatable bonds is 10. The van der Waals surface area contributed by atoms with Crippen LogP contribution >= 0.6 is 0 Å². The first-order chi connectivity index (χ1) is 17.1. The molecule has 0 fully saturated rings. The number of aliphatic carboxylic acids is 1. The minimum atomic E-state index is -1.20. The van der Waals surface area contributed by atoms with Crippen LogP contribution in [-0.4, -0.2) is 74.4 Å². The molecule has 0 radical (unpaired) electrons. The van der Waals surface area contributed by atoms with Crippen LogP contribution in [0.1, 0.15) is 35.8 Å². The number of benzene rings is 1. The van der Waals surface area contributed by atoms with Gasteiger partial charge in [-0.15, -0.1) is 0 Å². The van der Waals surface area contributed by atoms with Gasteiger partial charge in [-0.1, -0.05) is 0 Å². The van der Waals surface area contributed by atoms with Crippen molar-refractivity contribution in [3.63, 3.8) is 0 Å². The van der Waals surface area contributed by atoms with Crippen LogP contribution in [0, 0.1) is 0 Å². The second-order valence-electron chi connectivity index (χ2n) is 8.21. The Morgan fingerprint density at radius 1 is 1.08 bits per heavy atom. The minimum Gasteiger partial charge on any atom is -0.480 e. The van der Waals surface area contributed by atoms with Crippen molar-refractivity contribution in [3.8, 4) is 0 Å². The van der Waals surface area contributed by atoms with E-state index in [0.29, 0.717) is 35.5 Å². The van der Waals surface area contributed by atoms with E-state index in [9.17, 15) is 19.5 Å². The van der Waals surface area contributed by atoms with Gasteiger partial charge in [0.25, 0.3) is 5.91 Å². The molecule has 1 aromatic carbocycles. The molecule has 2 aromatic heterocycles. The third kappa shape index (κ3) is 6.31. The van der Waals surface area contributed by atoms with Gasteiger partial charge in [0.05, 0.1) is 18.4 Å².